The predicted octanol–water partition coefficient (Wildman–Crippen LogP) is 0.726. The Labute approximate surface area is 85.2 Å². The van der Waals surface area contributed by atoms with Crippen LogP contribution in [0.15, 0.2) is 0 Å². The molecule has 4 heteroatoms. The lowest BCUT2D eigenvalue weighted by molar-refractivity contribution is 0.0931. The highest BCUT2D eigenvalue weighted by molar-refractivity contribution is 7.99. The molecule has 0 spiro atoms. The van der Waals surface area contributed by atoms with Gasteiger partial charge in [-0.2, -0.15) is 11.8 Å². The fourth-order valence-electron chi connectivity index (χ4n) is 0.898. The summed E-state index contributed by atoms with van der Waals surface area (Å²) in [7, 11) is 0. The average Bonchev–Trinajstić information content (AvgIpc) is 2.14. The SMILES string of the molecule is CCSCC(C)NCCOCCO. The van der Waals surface area contributed by atoms with E-state index in [4.69, 9.17) is 9.84 Å². The van der Waals surface area contributed by atoms with Crippen molar-refractivity contribution in [3.8, 4) is 0 Å². The van der Waals surface area contributed by atoms with Crippen molar-refractivity contribution in [2.75, 3.05) is 37.9 Å². The Morgan fingerprint density at radius 2 is 2.23 bits per heavy atom. The summed E-state index contributed by atoms with van der Waals surface area (Å²) in [4.78, 5) is 0. The molecule has 0 fully saturated rings. The second-order valence-corrected chi connectivity index (χ2v) is 4.17. The summed E-state index contributed by atoms with van der Waals surface area (Å²) in [5, 5.41) is 11.8. The number of thioether (sulfide) groups is 1. The third kappa shape index (κ3) is 10.1. The Bertz CT molecular complexity index is 104. The van der Waals surface area contributed by atoms with Gasteiger partial charge in [-0.3, -0.25) is 0 Å². The predicted molar refractivity (Wildman–Crippen MR) is 58.4 cm³/mol. The molecule has 80 valence electrons. The molecule has 2 N–H and O–H groups in total. The van der Waals surface area contributed by atoms with E-state index in [1.165, 1.54) is 5.75 Å². The monoisotopic (exact) mass is 207 g/mol. The lowest BCUT2D eigenvalue weighted by Gasteiger charge is -2.12. The minimum atomic E-state index is 0.112. The van der Waals surface area contributed by atoms with Gasteiger partial charge in [0.05, 0.1) is 19.8 Å². The van der Waals surface area contributed by atoms with Crippen LogP contribution in [0, 0.1) is 0 Å². The molecule has 0 aliphatic heterocycles. The van der Waals surface area contributed by atoms with Crippen LogP contribution in [0.4, 0.5) is 0 Å². The Balaban J connectivity index is 3.03. The highest BCUT2D eigenvalue weighted by Gasteiger charge is 1.98. The van der Waals surface area contributed by atoms with Gasteiger partial charge in [0.1, 0.15) is 0 Å². The van der Waals surface area contributed by atoms with Crippen molar-refractivity contribution >= 4 is 11.8 Å². The van der Waals surface area contributed by atoms with Crippen molar-refractivity contribution in [2.45, 2.75) is 19.9 Å². The summed E-state index contributed by atoms with van der Waals surface area (Å²) >= 11 is 1.94. The molecule has 0 amide bonds. The van der Waals surface area contributed by atoms with Crippen LogP contribution in [-0.2, 0) is 4.74 Å². The van der Waals surface area contributed by atoms with E-state index in [2.05, 4.69) is 19.2 Å². The fraction of sp³-hybridized carbons (Fsp3) is 1.00. The quantitative estimate of drug-likeness (QED) is 0.547. The molecule has 13 heavy (non-hydrogen) atoms. The smallest absolute Gasteiger partial charge is 0.0698 e. The minimum Gasteiger partial charge on any atom is -0.394 e. The number of rotatable bonds is 9. The van der Waals surface area contributed by atoms with Gasteiger partial charge in [-0.1, -0.05) is 6.92 Å². The number of aliphatic hydroxyl groups excluding tert-OH is 1. The van der Waals surface area contributed by atoms with E-state index in [-0.39, 0.29) is 6.61 Å². The normalized spacial score (nSPS) is 13.2. The summed E-state index contributed by atoms with van der Waals surface area (Å²) in [6.45, 7) is 6.45. The average molecular weight is 207 g/mol. The van der Waals surface area contributed by atoms with Gasteiger partial charge in [-0.15, -0.1) is 0 Å². The topological polar surface area (TPSA) is 41.5 Å². The third-order valence-corrected chi connectivity index (χ3v) is 2.69. The molecule has 0 aliphatic carbocycles. The van der Waals surface area contributed by atoms with E-state index in [9.17, 15) is 0 Å². The van der Waals surface area contributed by atoms with Crippen molar-refractivity contribution in [2.24, 2.45) is 0 Å². The third-order valence-electron chi connectivity index (χ3n) is 1.55. The zero-order valence-corrected chi connectivity index (χ0v) is 9.40. The zero-order valence-electron chi connectivity index (χ0n) is 8.58. The largest absolute Gasteiger partial charge is 0.394 e. The van der Waals surface area contributed by atoms with Crippen LogP contribution in [0.2, 0.25) is 0 Å². The Hall–Kier alpha value is 0.230. The molecule has 1 unspecified atom stereocenters. The second kappa shape index (κ2) is 10.3. The fourth-order valence-corrected chi connectivity index (χ4v) is 1.60. The first kappa shape index (κ1) is 13.2. The van der Waals surface area contributed by atoms with Gasteiger partial charge < -0.3 is 15.2 Å². The van der Waals surface area contributed by atoms with E-state index in [1.54, 1.807) is 0 Å². The van der Waals surface area contributed by atoms with Gasteiger partial charge >= 0.3 is 0 Å². The maximum Gasteiger partial charge on any atom is 0.0698 e. The van der Waals surface area contributed by atoms with Crippen LogP contribution in [0.3, 0.4) is 0 Å². The molecule has 0 saturated carbocycles. The molecule has 0 bridgehead atoms. The van der Waals surface area contributed by atoms with Gasteiger partial charge in [0, 0.05) is 18.3 Å². The van der Waals surface area contributed by atoms with Crippen LogP contribution < -0.4 is 5.32 Å². The van der Waals surface area contributed by atoms with Crippen molar-refractivity contribution in [3.63, 3.8) is 0 Å². The van der Waals surface area contributed by atoms with Gasteiger partial charge in [0.15, 0.2) is 0 Å². The Morgan fingerprint density at radius 3 is 2.85 bits per heavy atom. The van der Waals surface area contributed by atoms with Crippen molar-refractivity contribution in [1.29, 1.82) is 0 Å². The summed E-state index contributed by atoms with van der Waals surface area (Å²) < 4.78 is 5.12. The molecule has 1 atom stereocenters. The van der Waals surface area contributed by atoms with Crippen LogP contribution in [0.25, 0.3) is 0 Å². The number of aliphatic hydroxyl groups is 1. The first-order valence-corrected chi connectivity index (χ1v) is 5.96. The number of nitrogens with one attached hydrogen (secondary N) is 1. The van der Waals surface area contributed by atoms with Crippen molar-refractivity contribution < 1.29 is 9.84 Å². The molecule has 0 radical (unpaired) electrons. The molecule has 0 rings (SSSR count). The summed E-state index contributed by atoms with van der Waals surface area (Å²) in [5.41, 5.74) is 0. The summed E-state index contributed by atoms with van der Waals surface area (Å²) in [6.07, 6.45) is 0. The molecule has 0 aliphatic rings. The highest BCUT2D eigenvalue weighted by atomic mass is 32.2. The van der Waals surface area contributed by atoms with Gasteiger partial charge in [0.2, 0.25) is 0 Å². The second-order valence-electron chi connectivity index (χ2n) is 2.85. The first-order valence-electron chi connectivity index (χ1n) is 4.81. The van der Waals surface area contributed by atoms with Crippen LogP contribution in [0.5, 0.6) is 0 Å². The van der Waals surface area contributed by atoms with E-state index < -0.39 is 0 Å². The van der Waals surface area contributed by atoms with Crippen molar-refractivity contribution in [3.05, 3.63) is 0 Å². The van der Waals surface area contributed by atoms with Gasteiger partial charge in [-0.25, -0.2) is 0 Å². The minimum absolute atomic E-state index is 0.112. The van der Waals surface area contributed by atoms with E-state index >= 15 is 0 Å². The maximum absolute atomic E-state index is 8.44. The van der Waals surface area contributed by atoms with E-state index in [1.807, 2.05) is 11.8 Å². The number of ether oxygens (including phenoxy) is 1. The number of hydrogen-bond donors (Lipinski definition) is 2. The molecule has 0 aromatic heterocycles. The van der Waals surface area contributed by atoms with E-state index in [0.717, 1.165) is 12.3 Å². The lowest BCUT2D eigenvalue weighted by atomic mass is 10.4. The molecular formula is C9H21NO2S. The molecule has 0 saturated heterocycles. The van der Waals surface area contributed by atoms with Gasteiger partial charge in [0.25, 0.3) is 0 Å². The van der Waals surface area contributed by atoms with Crippen LogP contribution >= 0.6 is 11.8 Å². The molecule has 3 nitrogen and oxygen atoms in total. The zero-order chi connectivity index (χ0) is 9.94. The lowest BCUT2D eigenvalue weighted by Crippen LogP contribution is -2.31. The molecule has 0 aromatic carbocycles. The first-order chi connectivity index (χ1) is 6.31. The van der Waals surface area contributed by atoms with Gasteiger partial charge in [-0.05, 0) is 12.7 Å². The van der Waals surface area contributed by atoms with Crippen LogP contribution in [0.1, 0.15) is 13.8 Å². The van der Waals surface area contributed by atoms with Crippen LogP contribution in [-0.4, -0.2) is 49.0 Å². The molecule has 0 aromatic rings. The Kier molecular flexibility index (Phi) is 10.5. The molecule has 0 heterocycles. The Morgan fingerprint density at radius 1 is 1.46 bits per heavy atom. The standard InChI is InChI=1S/C9H21NO2S/c1-3-13-8-9(2)10-4-6-12-7-5-11/h9-11H,3-8H2,1-2H3. The summed E-state index contributed by atoms with van der Waals surface area (Å²) in [6, 6.07) is 0.544. The van der Waals surface area contributed by atoms with E-state index in [0.29, 0.717) is 19.3 Å². The molecular weight excluding hydrogens is 186 g/mol. The maximum atomic E-state index is 8.44. The summed E-state index contributed by atoms with van der Waals surface area (Å²) in [5.74, 6) is 2.32. The highest BCUT2D eigenvalue weighted by Crippen LogP contribution is 2.00. The number of hydrogen-bond acceptors (Lipinski definition) is 4. The van der Waals surface area contributed by atoms with Crippen molar-refractivity contribution in [1.82, 2.24) is 5.32 Å².